The third-order valence-corrected chi connectivity index (χ3v) is 3.82. The minimum atomic E-state index is -0.598. The molecule has 2 N–H and O–H groups in total. The lowest BCUT2D eigenvalue weighted by molar-refractivity contribution is -0.115. The fraction of sp³-hybridized carbons (Fsp3) is 0.231. The summed E-state index contributed by atoms with van der Waals surface area (Å²) < 4.78 is 0. The molecule has 6 heteroatoms. The lowest BCUT2D eigenvalue weighted by Gasteiger charge is -2.28. The molecule has 1 unspecified atom stereocenters. The van der Waals surface area contributed by atoms with Crippen LogP contribution in [0.25, 0.3) is 0 Å². The van der Waals surface area contributed by atoms with E-state index in [0.29, 0.717) is 5.69 Å². The summed E-state index contributed by atoms with van der Waals surface area (Å²) in [7, 11) is 0. The summed E-state index contributed by atoms with van der Waals surface area (Å²) in [6.07, 6.45) is -0.598. The minimum absolute atomic E-state index is 0.0625. The summed E-state index contributed by atoms with van der Waals surface area (Å²) in [4.78, 5) is 18.0. The van der Waals surface area contributed by atoms with Gasteiger partial charge in [0.1, 0.15) is 6.54 Å². The van der Waals surface area contributed by atoms with Crippen LogP contribution in [-0.4, -0.2) is 22.5 Å². The van der Waals surface area contributed by atoms with Gasteiger partial charge in [0, 0.05) is 5.38 Å². The quantitative estimate of drug-likeness (QED) is 0.882. The van der Waals surface area contributed by atoms with Crippen LogP contribution in [0.4, 0.5) is 16.5 Å². The van der Waals surface area contributed by atoms with Crippen molar-refractivity contribution in [3.05, 3.63) is 35.3 Å². The van der Waals surface area contributed by atoms with Gasteiger partial charge in [-0.05, 0) is 19.1 Å². The van der Waals surface area contributed by atoms with Crippen LogP contribution in [0.5, 0.6) is 0 Å². The van der Waals surface area contributed by atoms with Crippen LogP contribution in [0.2, 0.25) is 0 Å². The molecule has 2 aromatic rings. The molecule has 98 valence electrons. The monoisotopic (exact) mass is 275 g/mol. The molecule has 0 aliphatic carbocycles. The number of para-hydroxylation sites is 2. The number of rotatable bonds is 2. The number of benzene rings is 1. The van der Waals surface area contributed by atoms with Gasteiger partial charge in [-0.3, -0.25) is 4.79 Å². The van der Waals surface area contributed by atoms with E-state index in [0.717, 1.165) is 16.5 Å². The second-order valence-corrected chi connectivity index (χ2v) is 5.22. The molecule has 0 saturated carbocycles. The number of carbonyl (C=O) groups is 1. The van der Waals surface area contributed by atoms with Gasteiger partial charge in [-0.25, -0.2) is 4.98 Å². The van der Waals surface area contributed by atoms with Gasteiger partial charge in [-0.2, -0.15) is 0 Å². The molecule has 3 rings (SSSR count). The molecule has 0 radical (unpaired) electrons. The Hall–Kier alpha value is -1.92. The van der Waals surface area contributed by atoms with E-state index in [1.165, 1.54) is 11.3 Å². The fourth-order valence-corrected chi connectivity index (χ4v) is 2.92. The zero-order valence-electron chi connectivity index (χ0n) is 10.3. The maximum Gasteiger partial charge on any atom is 0.244 e. The van der Waals surface area contributed by atoms with Gasteiger partial charge in [0.05, 0.1) is 23.2 Å². The number of fused-ring (bicyclic) bond motifs is 1. The smallest absolute Gasteiger partial charge is 0.244 e. The van der Waals surface area contributed by atoms with Crippen molar-refractivity contribution in [2.45, 2.75) is 13.0 Å². The van der Waals surface area contributed by atoms with Crippen molar-refractivity contribution in [3.63, 3.8) is 0 Å². The van der Waals surface area contributed by atoms with Gasteiger partial charge in [0.15, 0.2) is 5.13 Å². The van der Waals surface area contributed by atoms with E-state index >= 15 is 0 Å². The highest BCUT2D eigenvalue weighted by atomic mass is 32.1. The van der Waals surface area contributed by atoms with Crippen LogP contribution in [0.1, 0.15) is 18.7 Å². The number of aromatic nitrogens is 1. The van der Waals surface area contributed by atoms with Crippen molar-refractivity contribution in [3.8, 4) is 0 Å². The number of aliphatic hydroxyl groups excluding tert-OH is 1. The minimum Gasteiger partial charge on any atom is -0.387 e. The number of hydrogen-bond acceptors (Lipinski definition) is 5. The molecule has 0 bridgehead atoms. The van der Waals surface area contributed by atoms with E-state index in [1.807, 2.05) is 34.5 Å². The molecule has 5 nitrogen and oxygen atoms in total. The SMILES string of the molecule is CC(O)c1csc(N2CC(=O)Nc3ccccc32)n1. The molecule has 2 heterocycles. The van der Waals surface area contributed by atoms with Crippen molar-refractivity contribution in [1.82, 2.24) is 4.98 Å². The first-order valence-corrected chi connectivity index (χ1v) is 6.83. The molecule has 19 heavy (non-hydrogen) atoms. The predicted octanol–water partition coefficient (Wildman–Crippen LogP) is 2.29. The number of nitrogens with one attached hydrogen (secondary N) is 1. The predicted molar refractivity (Wildman–Crippen MR) is 74.8 cm³/mol. The van der Waals surface area contributed by atoms with Gasteiger partial charge >= 0.3 is 0 Å². The largest absolute Gasteiger partial charge is 0.387 e. The number of nitrogens with zero attached hydrogens (tertiary/aromatic N) is 2. The Bertz CT molecular complexity index is 624. The molecule has 0 spiro atoms. The van der Waals surface area contributed by atoms with Gasteiger partial charge in [0.2, 0.25) is 5.91 Å². The van der Waals surface area contributed by atoms with Crippen LogP contribution in [0, 0.1) is 0 Å². The topological polar surface area (TPSA) is 65.5 Å². The average Bonchev–Trinajstić information content (AvgIpc) is 2.87. The molecule has 1 aliphatic rings. The Balaban J connectivity index is 2.02. The van der Waals surface area contributed by atoms with Gasteiger partial charge in [-0.15, -0.1) is 11.3 Å². The number of hydrogen-bond donors (Lipinski definition) is 2. The molecule has 1 aromatic heterocycles. The van der Waals surface area contributed by atoms with E-state index < -0.39 is 6.10 Å². The lowest BCUT2D eigenvalue weighted by Crippen LogP contribution is -2.34. The van der Waals surface area contributed by atoms with Gasteiger partial charge < -0.3 is 15.3 Å². The molecule has 0 fully saturated rings. The number of carbonyl (C=O) groups excluding carboxylic acids is 1. The van der Waals surface area contributed by atoms with E-state index in [1.54, 1.807) is 6.92 Å². The summed E-state index contributed by atoms with van der Waals surface area (Å²) in [6.45, 7) is 1.92. The van der Waals surface area contributed by atoms with Gasteiger partial charge in [0.25, 0.3) is 0 Å². The van der Waals surface area contributed by atoms with Crippen LogP contribution < -0.4 is 10.2 Å². The molecule has 1 amide bonds. The third-order valence-electron chi connectivity index (χ3n) is 2.94. The maximum atomic E-state index is 11.7. The van der Waals surface area contributed by atoms with Crippen molar-refractivity contribution in [2.24, 2.45) is 0 Å². The second-order valence-electron chi connectivity index (χ2n) is 4.38. The number of anilines is 3. The normalized spacial score (nSPS) is 15.9. The third kappa shape index (κ3) is 2.20. The number of aliphatic hydroxyl groups is 1. The summed E-state index contributed by atoms with van der Waals surface area (Å²) in [5.74, 6) is -0.0625. The highest BCUT2D eigenvalue weighted by Gasteiger charge is 2.25. The van der Waals surface area contributed by atoms with E-state index in [2.05, 4.69) is 10.3 Å². The Morgan fingerprint density at radius 2 is 2.26 bits per heavy atom. The zero-order valence-corrected chi connectivity index (χ0v) is 11.1. The molecular formula is C13H13N3O2S. The Kier molecular flexibility index (Phi) is 2.96. The van der Waals surface area contributed by atoms with Crippen LogP contribution >= 0.6 is 11.3 Å². The fourth-order valence-electron chi connectivity index (χ4n) is 2.00. The summed E-state index contributed by atoms with van der Waals surface area (Å²) in [6, 6.07) is 7.61. The lowest BCUT2D eigenvalue weighted by atomic mass is 10.2. The highest BCUT2D eigenvalue weighted by Crippen LogP contribution is 2.36. The van der Waals surface area contributed by atoms with E-state index in [-0.39, 0.29) is 12.5 Å². The molecule has 0 saturated heterocycles. The van der Waals surface area contributed by atoms with Crippen molar-refractivity contribution >= 4 is 33.8 Å². The standard InChI is InChI=1S/C13H13N3O2S/c1-8(17)10-7-19-13(15-10)16-6-12(18)14-9-4-2-3-5-11(9)16/h2-5,7-8,17H,6H2,1H3,(H,14,18). The molecular weight excluding hydrogens is 262 g/mol. The Labute approximate surface area is 114 Å². The zero-order chi connectivity index (χ0) is 13.4. The first-order valence-electron chi connectivity index (χ1n) is 5.95. The van der Waals surface area contributed by atoms with Crippen molar-refractivity contribution in [1.29, 1.82) is 0 Å². The van der Waals surface area contributed by atoms with Crippen LogP contribution in [0.15, 0.2) is 29.6 Å². The Morgan fingerprint density at radius 1 is 1.47 bits per heavy atom. The van der Waals surface area contributed by atoms with Crippen LogP contribution in [-0.2, 0) is 4.79 Å². The number of amides is 1. The van der Waals surface area contributed by atoms with E-state index in [4.69, 9.17) is 0 Å². The first kappa shape index (κ1) is 12.1. The maximum absolute atomic E-state index is 11.7. The Morgan fingerprint density at radius 3 is 3.00 bits per heavy atom. The number of thiazole rings is 1. The average molecular weight is 275 g/mol. The summed E-state index contributed by atoms with van der Waals surface area (Å²) in [5.41, 5.74) is 2.34. The molecule has 1 atom stereocenters. The summed E-state index contributed by atoms with van der Waals surface area (Å²) in [5, 5.41) is 14.9. The van der Waals surface area contributed by atoms with Crippen LogP contribution in [0.3, 0.4) is 0 Å². The summed E-state index contributed by atoms with van der Waals surface area (Å²) >= 11 is 1.42. The second kappa shape index (κ2) is 4.64. The van der Waals surface area contributed by atoms with Crippen molar-refractivity contribution in [2.75, 3.05) is 16.8 Å². The van der Waals surface area contributed by atoms with Crippen molar-refractivity contribution < 1.29 is 9.90 Å². The molecule has 1 aromatic carbocycles. The highest BCUT2D eigenvalue weighted by molar-refractivity contribution is 7.13. The van der Waals surface area contributed by atoms with E-state index in [9.17, 15) is 9.90 Å². The molecule has 1 aliphatic heterocycles. The van der Waals surface area contributed by atoms with Gasteiger partial charge in [-0.1, -0.05) is 12.1 Å². The first-order chi connectivity index (χ1) is 9.15.